The van der Waals surface area contributed by atoms with Crippen LogP contribution in [0.4, 0.5) is 0 Å². The number of aromatic nitrogens is 2. The number of amides is 2. The van der Waals surface area contributed by atoms with Gasteiger partial charge in [-0.05, 0) is 18.6 Å². The lowest BCUT2D eigenvalue weighted by molar-refractivity contribution is -0.137. The number of hydrogen-bond donors (Lipinski definition) is 2. The highest BCUT2D eigenvalue weighted by atomic mass is 32.1. The number of rotatable bonds is 7. The zero-order valence-electron chi connectivity index (χ0n) is 14.3. The molecular formula is C18H16N4O4S. The Bertz CT molecular complexity index is 980. The van der Waals surface area contributed by atoms with Crippen molar-refractivity contribution in [2.45, 2.75) is 19.4 Å². The molecule has 0 saturated heterocycles. The van der Waals surface area contributed by atoms with Crippen molar-refractivity contribution >= 4 is 29.3 Å². The Labute approximate surface area is 158 Å². The van der Waals surface area contributed by atoms with Crippen molar-refractivity contribution in [3.05, 3.63) is 59.7 Å². The molecule has 3 aromatic rings. The molecule has 0 fully saturated rings. The van der Waals surface area contributed by atoms with E-state index in [2.05, 4.69) is 14.1 Å². The van der Waals surface area contributed by atoms with E-state index < -0.39 is 23.6 Å². The minimum Gasteiger partial charge on any atom is -0.469 e. The van der Waals surface area contributed by atoms with Crippen LogP contribution in [0.5, 0.6) is 0 Å². The lowest BCUT2D eigenvalue weighted by Gasteiger charge is -2.16. The third kappa shape index (κ3) is 4.09. The summed E-state index contributed by atoms with van der Waals surface area (Å²) in [6, 6.07) is 9.58. The summed E-state index contributed by atoms with van der Waals surface area (Å²) in [7, 11) is 0. The van der Waals surface area contributed by atoms with Crippen LogP contribution in [-0.4, -0.2) is 32.4 Å². The van der Waals surface area contributed by atoms with E-state index in [4.69, 9.17) is 10.2 Å². The number of nitrogens with one attached hydrogen (secondary N) is 1. The number of hydrogen-bond acceptors (Lipinski definition) is 7. The number of benzene rings is 1. The van der Waals surface area contributed by atoms with E-state index in [0.29, 0.717) is 17.0 Å². The van der Waals surface area contributed by atoms with Crippen molar-refractivity contribution in [2.24, 2.45) is 5.73 Å². The number of nitrogens with zero attached hydrogens (tertiary/aromatic N) is 2. The number of Topliss-reactive ketones (excluding diaryl/α,β-unsaturated/α-hetero) is 1. The summed E-state index contributed by atoms with van der Waals surface area (Å²) < 4.78 is 13.4. The first-order chi connectivity index (χ1) is 13.0. The topological polar surface area (TPSA) is 128 Å². The van der Waals surface area contributed by atoms with Crippen LogP contribution in [-0.2, 0) is 16.0 Å². The van der Waals surface area contributed by atoms with Gasteiger partial charge in [-0.25, -0.2) is 0 Å². The standard InChI is InChI=1S/C18H16N4O4S/c1-10-12(7-8-26-10)14-15(22-27-21-14)18(25)20-13(16(23)17(19)24)9-11-5-3-2-4-6-11/h2-8,13H,9H2,1H3,(H2,19,24)(H,20,25). The predicted octanol–water partition coefficient (Wildman–Crippen LogP) is 1.50. The first-order valence-electron chi connectivity index (χ1n) is 8.03. The second kappa shape index (κ2) is 7.92. The molecule has 1 aromatic carbocycles. The zero-order valence-corrected chi connectivity index (χ0v) is 15.2. The molecule has 2 aromatic heterocycles. The number of carbonyl (C=O) groups excluding carboxylic acids is 3. The summed E-state index contributed by atoms with van der Waals surface area (Å²) in [6.45, 7) is 1.74. The molecule has 0 aliphatic carbocycles. The van der Waals surface area contributed by atoms with Gasteiger partial charge in [-0.15, -0.1) is 0 Å². The third-order valence-electron chi connectivity index (χ3n) is 3.96. The van der Waals surface area contributed by atoms with Gasteiger partial charge in [0.05, 0.1) is 18.0 Å². The molecule has 3 N–H and O–H groups in total. The van der Waals surface area contributed by atoms with E-state index in [1.165, 1.54) is 6.26 Å². The SMILES string of the molecule is Cc1occc1-c1nsnc1C(=O)NC(Cc1ccccc1)C(=O)C(N)=O. The maximum atomic E-state index is 12.7. The van der Waals surface area contributed by atoms with Crippen LogP contribution in [0.1, 0.15) is 21.8 Å². The van der Waals surface area contributed by atoms with Gasteiger partial charge in [-0.3, -0.25) is 14.4 Å². The molecular weight excluding hydrogens is 368 g/mol. The highest BCUT2D eigenvalue weighted by Gasteiger charge is 2.28. The molecule has 9 heteroatoms. The first-order valence-corrected chi connectivity index (χ1v) is 8.76. The van der Waals surface area contributed by atoms with Crippen LogP contribution in [0.25, 0.3) is 11.3 Å². The molecule has 138 valence electrons. The monoisotopic (exact) mass is 384 g/mol. The Morgan fingerprint density at radius 3 is 2.56 bits per heavy atom. The van der Waals surface area contributed by atoms with Crippen molar-refractivity contribution in [3.63, 3.8) is 0 Å². The number of furan rings is 1. The molecule has 1 atom stereocenters. The quantitative estimate of drug-likeness (QED) is 0.594. The normalized spacial score (nSPS) is 11.7. The number of nitrogens with two attached hydrogens (primary N) is 1. The van der Waals surface area contributed by atoms with E-state index in [1.54, 1.807) is 37.3 Å². The Hall–Kier alpha value is -3.33. The number of aryl methyl sites for hydroxylation is 1. The Balaban J connectivity index is 1.85. The van der Waals surface area contributed by atoms with Crippen molar-refractivity contribution in [2.75, 3.05) is 0 Å². The van der Waals surface area contributed by atoms with Gasteiger partial charge < -0.3 is 15.5 Å². The van der Waals surface area contributed by atoms with Gasteiger partial charge in [0.25, 0.3) is 11.8 Å². The molecule has 0 spiro atoms. The van der Waals surface area contributed by atoms with E-state index in [1.807, 2.05) is 6.07 Å². The summed E-state index contributed by atoms with van der Waals surface area (Å²) in [5.41, 5.74) is 6.96. The van der Waals surface area contributed by atoms with Crippen LogP contribution < -0.4 is 11.1 Å². The van der Waals surface area contributed by atoms with Crippen LogP contribution in [0.2, 0.25) is 0 Å². The number of primary amides is 1. The van der Waals surface area contributed by atoms with Gasteiger partial charge in [0, 0.05) is 12.0 Å². The minimum absolute atomic E-state index is 0.0554. The van der Waals surface area contributed by atoms with Crippen molar-refractivity contribution < 1.29 is 18.8 Å². The molecule has 1 unspecified atom stereocenters. The molecule has 0 aliphatic rings. The van der Waals surface area contributed by atoms with Gasteiger partial charge in [0.15, 0.2) is 5.69 Å². The van der Waals surface area contributed by atoms with Gasteiger partial charge in [0.1, 0.15) is 17.5 Å². The first kappa shape index (κ1) is 18.5. The van der Waals surface area contributed by atoms with Gasteiger partial charge in [0.2, 0.25) is 5.78 Å². The fourth-order valence-electron chi connectivity index (χ4n) is 2.60. The largest absolute Gasteiger partial charge is 0.469 e. The highest BCUT2D eigenvalue weighted by molar-refractivity contribution is 6.99. The lowest BCUT2D eigenvalue weighted by atomic mass is 10.0. The molecule has 3 rings (SSSR count). The summed E-state index contributed by atoms with van der Waals surface area (Å²) in [5, 5.41) is 2.56. The maximum Gasteiger partial charge on any atom is 0.287 e. The van der Waals surface area contributed by atoms with E-state index >= 15 is 0 Å². The molecule has 27 heavy (non-hydrogen) atoms. The fourth-order valence-corrected chi connectivity index (χ4v) is 3.16. The highest BCUT2D eigenvalue weighted by Crippen LogP contribution is 2.26. The molecule has 0 radical (unpaired) electrons. The predicted molar refractivity (Wildman–Crippen MR) is 97.9 cm³/mol. The Morgan fingerprint density at radius 1 is 1.19 bits per heavy atom. The van der Waals surface area contributed by atoms with E-state index in [9.17, 15) is 14.4 Å². The van der Waals surface area contributed by atoms with Gasteiger partial charge >= 0.3 is 0 Å². The van der Waals surface area contributed by atoms with Crippen LogP contribution in [0, 0.1) is 6.92 Å². The average Bonchev–Trinajstić information content (AvgIpc) is 3.29. The summed E-state index contributed by atoms with van der Waals surface area (Å²) in [5.74, 6) is -2.02. The smallest absolute Gasteiger partial charge is 0.287 e. The van der Waals surface area contributed by atoms with Crippen molar-refractivity contribution in [1.29, 1.82) is 0 Å². The summed E-state index contributed by atoms with van der Waals surface area (Å²) in [6.07, 6.45) is 1.62. The van der Waals surface area contributed by atoms with Crippen LogP contribution >= 0.6 is 11.7 Å². The maximum absolute atomic E-state index is 12.7. The molecule has 0 aliphatic heterocycles. The Morgan fingerprint density at radius 2 is 1.93 bits per heavy atom. The Kier molecular flexibility index (Phi) is 5.41. The number of ketones is 1. The van der Waals surface area contributed by atoms with Crippen molar-refractivity contribution in [3.8, 4) is 11.3 Å². The molecule has 0 bridgehead atoms. The minimum atomic E-state index is -1.11. The average molecular weight is 384 g/mol. The molecule has 0 saturated carbocycles. The molecule has 2 amide bonds. The summed E-state index contributed by atoms with van der Waals surface area (Å²) in [4.78, 5) is 36.3. The molecule has 8 nitrogen and oxygen atoms in total. The fraction of sp³-hybridized carbons (Fsp3) is 0.167. The van der Waals surface area contributed by atoms with Crippen LogP contribution in [0.3, 0.4) is 0 Å². The van der Waals surface area contributed by atoms with Crippen LogP contribution in [0.15, 0.2) is 47.1 Å². The second-order valence-corrected chi connectivity index (χ2v) is 6.32. The van der Waals surface area contributed by atoms with Gasteiger partial charge in [-0.1, -0.05) is 30.3 Å². The van der Waals surface area contributed by atoms with Gasteiger partial charge in [-0.2, -0.15) is 8.75 Å². The molecule has 2 heterocycles. The zero-order chi connectivity index (χ0) is 19.4. The van der Waals surface area contributed by atoms with E-state index in [-0.39, 0.29) is 12.1 Å². The second-order valence-electron chi connectivity index (χ2n) is 5.80. The number of carbonyl (C=O) groups is 3. The third-order valence-corrected chi connectivity index (χ3v) is 4.49. The van der Waals surface area contributed by atoms with Crippen molar-refractivity contribution in [1.82, 2.24) is 14.1 Å². The lowest BCUT2D eigenvalue weighted by Crippen LogP contribution is -2.47. The summed E-state index contributed by atoms with van der Waals surface area (Å²) >= 11 is 0.868. The van der Waals surface area contributed by atoms with E-state index in [0.717, 1.165) is 17.3 Å².